The first-order valence-electron chi connectivity index (χ1n) is 7.13. The molecule has 0 aliphatic carbocycles. The molecule has 1 saturated heterocycles. The lowest BCUT2D eigenvalue weighted by Crippen LogP contribution is -2.41. The molecule has 3 N–H and O–H groups in total. The van der Waals surface area contributed by atoms with Crippen molar-refractivity contribution in [3.63, 3.8) is 0 Å². The van der Waals surface area contributed by atoms with E-state index in [4.69, 9.17) is 9.31 Å². The molecule has 1 unspecified atom stereocenters. The molecule has 120 valence electrons. The number of carboxylic acids is 1. The predicted molar refractivity (Wildman–Crippen MR) is 80.8 cm³/mol. The summed E-state index contributed by atoms with van der Waals surface area (Å²) >= 11 is 0. The summed E-state index contributed by atoms with van der Waals surface area (Å²) in [5.74, 6) is -2.42. The van der Waals surface area contributed by atoms with Crippen LogP contribution in [-0.2, 0) is 14.1 Å². The van der Waals surface area contributed by atoms with Gasteiger partial charge in [-0.1, -0.05) is 12.1 Å². The summed E-state index contributed by atoms with van der Waals surface area (Å²) in [4.78, 5) is 11.2. The molecule has 1 aromatic rings. The predicted octanol–water partition coefficient (Wildman–Crippen LogP) is 2.29. The average Bonchev–Trinajstić information content (AvgIpc) is 2.59. The van der Waals surface area contributed by atoms with Gasteiger partial charge in [0, 0.05) is 5.82 Å². The maximum absolute atomic E-state index is 11.2. The minimum atomic E-state index is -1.04. The summed E-state index contributed by atoms with van der Waals surface area (Å²) in [6.07, 6.45) is -0.284. The number of aliphatic carboxylic acids is 1. The summed E-state index contributed by atoms with van der Waals surface area (Å²) in [7, 11) is -0.825. The highest BCUT2D eigenvalue weighted by Gasteiger charge is 2.54. The first-order valence-corrected chi connectivity index (χ1v) is 7.13. The molecule has 0 radical (unpaired) electrons. The third-order valence-electron chi connectivity index (χ3n) is 4.44. The van der Waals surface area contributed by atoms with E-state index >= 15 is 0 Å². The summed E-state index contributed by atoms with van der Waals surface area (Å²) in [5.41, 5.74) is -0.928. The number of phenols is 2. The van der Waals surface area contributed by atoms with Gasteiger partial charge in [0.25, 0.3) is 0 Å². The third kappa shape index (κ3) is 2.91. The van der Waals surface area contributed by atoms with Crippen molar-refractivity contribution in [1.29, 1.82) is 0 Å². The van der Waals surface area contributed by atoms with E-state index in [9.17, 15) is 20.1 Å². The highest BCUT2D eigenvalue weighted by Crippen LogP contribution is 2.44. The van der Waals surface area contributed by atoms with Crippen molar-refractivity contribution in [2.75, 3.05) is 0 Å². The molecule has 0 aromatic heterocycles. The first-order chi connectivity index (χ1) is 10.0. The lowest BCUT2D eigenvalue weighted by Gasteiger charge is -2.32. The molecule has 6 nitrogen and oxygen atoms in total. The van der Waals surface area contributed by atoms with E-state index in [0.717, 1.165) is 0 Å². The number of hydrogen-bond donors (Lipinski definition) is 3. The highest BCUT2D eigenvalue weighted by atomic mass is 16.7. The van der Waals surface area contributed by atoms with Crippen LogP contribution in [0.4, 0.5) is 0 Å². The van der Waals surface area contributed by atoms with Crippen molar-refractivity contribution >= 4 is 13.1 Å². The maximum atomic E-state index is 11.2. The van der Waals surface area contributed by atoms with Gasteiger partial charge in [0.05, 0.1) is 17.6 Å². The van der Waals surface area contributed by atoms with E-state index in [-0.39, 0.29) is 17.9 Å². The zero-order valence-electron chi connectivity index (χ0n) is 13.2. The smallest absolute Gasteiger partial charge is 0.466 e. The fourth-order valence-electron chi connectivity index (χ4n) is 2.44. The minimum absolute atomic E-state index is 0.284. The van der Waals surface area contributed by atoms with E-state index in [1.165, 1.54) is 6.07 Å². The van der Waals surface area contributed by atoms with Crippen molar-refractivity contribution in [3.8, 4) is 11.5 Å². The van der Waals surface area contributed by atoms with Crippen molar-refractivity contribution in [3.05, 3.63) is 23.8 Å². The number of para-hydroxylation sites is 1. The van der Waals surface area contributed by atoms with Crippen molar-refractivity contribution in [2.24, 2.45) is 0 Å². The van der Waals surface area contributed by atoms with Crippen LogP contribution < -0.4 is 0 Å². The molecular formula is C15H21BO6. The number of aromatic hydroxyl groups is 2. The largest absolute Gasteiger partial charge is 0.504 e. The molecule has 22 heavy (non-hydrogen) atoms. The lowest BCUT2D eigenvalue weighted by atomic mass is 9.66. The maximum Gasteiger partial charge on any atom is 0.466 e. The number of rotatable bonds is 4. The molecule has 0 amide bonds. The molecule has 0 spiro atoms. The topological polar surface area (TPSA) is 96.2 Å². The van der Waals surface area contributed by atoms with Gasteiger partial charge in [-0.2, -0.15) is 0 Å². The van der Waals surface area contributed by atoms with Crippen LogP contribution in [0.1, 0.15) is 45.5 Å². The second-order valence-corrected chi connectivity index (χ2v) is 6.54. The SMILES string of the molecule is CC1(C)OB(C(CC(=O)O)c2cccc(O)c2O)OC1(C)C. The Bertz CT molecular complexity index is 567. The molecule has 1 aliphatic rings. The minimum Gasteiger partial charge on any atom is -0.504 e. The average molecular weight is 308 g/mol. The van der Waals surface area contributed by atoms with Crippen LogP contribution in [0.5, 0.6) is 11.5 Å². The Morgan fingerprint density at radius 2 is 1.73 bits per heavy atom. The molecular weight excluding hydrogens is 287 g/mol. The number of hydrogen-bond acceptors (Lipinski definition) is 5. The highest BCUT2D eigenvalue weighted by molar-refractivity contribution is 6.48. The number of carboxylic acid groups (broad SMARTS) is 1. The van der Waals surface area contributed by atoms with Gasteiger partial charge in [0.15, 0.2) is 11.5 Å². The van der Waals surface area contributed by atoms with Crippen LogP contribution in [0.25, 0.3) is 0 Å². The van der Waals surface area contributed by atoms with Gasteiger partial charge in [0.2, 0.25) is 0 Å². The Morgan fingerprint density at radius 1 is 1.18 bits per heavy atom. The number of phenolic OH excluding ortho intramolecular Hbond substituents is 2. The van der Waals surface area contributed by atoms with Crippen molar-refractivity contribution in [2.45, 2.75) is 51.1 Å². The van der Waals surface area contributed by atoms with Gasteiger partial charge in [-0.25, -0.2) is 0 Å². The van der Waals surface area contributed by atoms with E-state index in [0.29, 0.717) is 5.56 Å². The van der Waals surface area contributed by atoms with Crippen molar-refractivity contribution in [1.82, 2.24) is 0 Å². The lowest BCUT2D eigenvalue weighted by molar-refractivity contribution is -0.137. The Labute approximate surface area is 129 Å². The van der Waals surface area contributed by atoms with Crippen LogP contribution in [0, 0.1) is 0 Å². The molecule has 1 aliphatic heterocycles. The Kier molecular flexibility index (Phi) is 4.15. The molecule has 0 bridgehead atoms. The molecule has 1 heterocycles. The van der Waals surface area contributed by atoms with Crippen LogP contribution in [-0.4, -0.2) is 39.6 Å². The van der Waals surface area contributed by atoms with Crippen LogP contribution in [0.2, 0.25) is 0 Å². The summed E-state index contributed by atoms with van der Waals surface area (Å²) in [6.45, 7) is 7.47. The second kappa shape index (κ2) is 5.48. The number of benzene rings is 1. The third-order valence-corrected chi connectivity index (χ3v) is 4.44. The normalized spacial score (nSPS) is 20.8. The van der Waals surface area contributed by atoms with E-state index in [2.05, 4.69) is 0 Å². The summed E-state index contributed by atoms with van der Waals surface area (Å²) in [5, 5.41) is 28.9. The monoisotopic (exact) mass is 308 g/mol. The Morgan fingerprint density at radius 3 is 2.23 bits per heavy atom. The molecule has 2 rings (SSSR count). The quantitative estimate of drug-likeness (QED) is 0.583. The van der Waals surface area contributed by atoms with E-state index < -0.39 is 30.1 Å². The standard InChI is InChI=1S/C15H21BO6/c1-14(2)15(3,4)22-16(21-14)10(8-12(18)19)9-6-5-7-11(17)13(9)20/h5-7,10,17,20H,8H2,1-4H3,(H,18,19). The van der Waals surface area contributed by atoms with Gasteiger partial charge in [-0.15, -0.1) is 0 Å². The first kappa shape index (κ1) is 16.6. The zero-order chi connectivity index (χ0) is 16.7. The van der Waals surface area contributed by atoms with Gasteiger partial charge in [-0.05, 0) is 39.3 Å². The van der Waals surface area contributed by atoms with Crippen LogP contribution in [0.15, 0.2) is 18.2 Å². The fraction of sp³-hybridized carbons (Fsp3) is 0.533. The number of carbonyl (C=O) groups is 1. The van der Waals surface area contributed by atoms with Crippen LogP contribution in [0.3, 0.4) is 0 Å². The van der Waals surface area contributed by atoms with E-state index in [1.807, 2.05) is 27.7 Å². The Balaban J connectivity index is 2.40. The Hall–Kier alpha value is -1.73. The van der Waals surface area contributed by atoms with Gasteiger partial charge in [0.1, 0.15) is 0 Å². The molecule has 7 heteroatoms. The fourth-order valence-corrected chi connectivity index (χ4v) is 2.44. The van der Waals surface area contributed by atoms with Crippen LogP contribution >= 0.6 is 0 Å². The van der Waals surface area contributed by atoms with Gasteiger partial charge in [-0.3, -0.25) is 4.79 Å². The molecule has 1 atom stereocenters. The van der Waals surface area contributed by atoms with Crippen molar-refractivity contribution < 1.29 is 29.4 Å². The second-order valence-electron chi connectivity index (χ2n) is 6.54. The molecule has 1 aromatic carbocycles. The zero-order valence-corrected chi connectivity index (χ0v) is 13.2. The van der Waals surface area contributed by atoms with Gasteiger partial charge < -0.3 is 24.6 Å². The molecule has 1 fully saturated rings. The molecule has 0 saturated carbocycles. The van der Waals surface area contributed by atoms with Gasteiger partial charge >= 0.3 is 13.1 Å². The summed E-state index contributed by atoms with van der Waals surface area (Å²) < 4.78 is 11.8. The van der Waals surface area contributed by atoms with E-state index in [1.54, 1.807) is 12.1 Å². The summed E-state index contributed by atoms with van der Waals surface area (Å²) in [6, 6.07) is 4.44.